The number of carbonyl (C=O) groups excluding carboxylic acids is 1. The lowest BCUT2D eigenvalue weighted by molar-refractivity contribution is -0.157. The van der Waals surface area contributed by atoms with Crippen LogP contribution in [0.2, 0.25) is 0 Å². The van der Waals surface area contributed by atoms with Gasteiger partial charge in [-0.05, 0) is 17.7 Å². The Morgan fingerprint density at radius 1 is 1.00 bits per heavy atom. The molecule has 2 aromatic rings. The second-order valence-corrected chi connectivity index (χ2v) is 4.67. The van der Waals surface area contributed by atoms with Crippen LogP contribution in [0.15, 0.2) is 54.6 Å². The van der Waals surface area contributed by atoms with Crippen molar-refractivity contribution in [2.45, 2.75) is 12.2 Å². The van der Waals surface area contributed by atoms with E-state index >= 15 is 0 Å². The fourth-order valence-corrected chi connectivity index (χ4v) is 2.05. The normalized spacial score (nSPS) is 12.9. The molecule has 0 aliphatic carbocycles. The molecule has 0 saturated carbocycles. The Morgan fingerprint density at radius 2 is 1.59 bits per heavy atom. The second-order valence-electron chi connectivity index (χ2n) is 4.67. The van der Waals surface area contributed by atoms with Crippen molar-refractivity contribution in [1.29, 1.82) is 0 Å². The van der Waals surface area contributed by atoms with Gasteiger partial charge in [0.1, 0.15) is 11.9 Å². The first-order valence-corrected chi connectivity index (χ1v) is 6.52. The molecule has 1 unspecified atom stereocenters. The van der Waals surface area contributed by atoms with Crippen LogP contribution >= 0.6 is 0 Å². The zero-order chi connectivity index (χ0) is 16.2. The van der Waals surface area contributed by atoms with Crippen molar-refractivity contribution >= 4 is 5.78 Å². The van der Waals surface area contributed by atoms with E-state index in [9.17, 15) is 22.4 Å². The maximum Gasteiger partial charge on any atom is 0.407 e. The number of halogens is 4. The molecule has 0 saturated heterocycles. The molecule has 0 radical (unpaired) electrons. The average molecular weight is 311 g/mol. The molecule has 2 rings (SSSR count). The summed E-state index contributed by atoms with van der Waals surface area (Å²) in [6.45, 7) is -0.611. The number of hydrogen-bond donors (Lipinski definition) is 1. The Bertz CT molecular complexity index is 640. The molecule has 116 valence electrons. The Balaban J connectivity index is 2.13. The van der Waals surface area contributed by atoms with Gasteiger partial charge < -0.3 is 0 Å². The standard InChI is InChI=1S/C16H13F4NO/c17-13-9-5-4-8-12(13)14(22)10-21-15(16(18,19)20)11-6-2-1-3-7-11/h1-9,15,21H,10H2. The van der Waals surface area contributed by atoms with Crippen LogP contribution in [0.4, 0.5) is 17.6 Å². The van der Waals surface area contributed by atoms with Crippen LogP contribution in [0.3, 0.4) is 0 Å². The third-order valence-electron chi connectivity index (χ3n) is 3.10. The largest absolute Gasteiger partial charge is 0.407 e. The van der Waals surface area contributed by atoms with E-state index in [-0.39, 0.29) is 11.1 Å². The van der Waals surface area contributed by atoms with Crippen molar-refractivity contribution in [2.75, 3.05) is 6.54 Å². The number of nitrogens with one attached hydrogen (secondary N) is 1. The van der Waals surface area contributed by atoms with Crippen LogP contribution in [-0.2, 0) is 0 Å². The van der Waals surface area contributed by atoms with Crippen molar-refractivity contribution in [3.8, 4) is 0 Å². The van der Waals surface area contributed by atoms with Gasteiger partial charge in [0.2, 0.25) is 0 Å². The van der Waals surface area contributed by atoms with E-state index in [4.69, 9.17) is 0 Å². The summed E-state index contributed by atoms with van der Waals surface area (Å²) in [4.78, 5) is 11.9. The predicted molar refractivity (Wildman–Crippen MR) is 74.0 cm³/mol. The van der Waals surface area contributed by atoms with Crippen LogP contribution in [0.5, 0.6) is 0 Å². The molecule has 0 fully saturated rings. The molecule has 2 aromatic carbocycles. The minimum absolute atomic E-state index is 0.00339. The molecule has 1 atom stereocenters. The highest BCUT2D eigenvalue weighted by atomic mass is 19.4. The quantitative estimate of drug-likeness (QED) is 0.670. The van der Waals surface area contributed by atoms with E-state index in [0.717, 1.165) is 6.07 Å². The summed E-state index contributed by atoms with van der Waals surface area (Å²) in [6.07, 6.45) is -4.56. The molecule has 0 amide bonds. The van der Waals surface area contributed by atoms with Gasteiger partial charge in [-0.2, -0.15) is 13.2 Å². The molecular weight excluding hydrogens is 298 g/mol. The number of ketones is 1. The van der Waals surface area contributed by atoms with Crippen LogP contribution in [0, 0.1) is 5.82 Å². The second kappa shape index (κ2) is 6.70. The molecule has 2 nitrogen and oxygen atoms in total. The number of alkyl halides is 3. The number of benzene rings is 2. The zero-order valence-corrected chi connectivity index (χ0v) is 11.4. The topological polar surface area (TPSA) is 29.1 Å². The SMILES string of the molecule is O=C(CNC(c1ccccc1)C(F)(F)F)c1ccccc1F. The van der Waals surface area contributed by atoms with Crippen LogP contribution < -0.4 is 5.32 Å². The van der Waals surface area contributed by atoms with E-state index in [2.05, 4.69) is 5.32 Å². The summed E-state index contributed by atoms with van der Waals surface area (Å²) in [5.41, 5.74) is -0.236. The molecule has 0 heterocycles. The number of carbonyl (C=O) groups is 1. The Labute approximate surface area is 124 Å². The summed E-state index contributed by atoms with van der Waals surface area (Å²) in [5.74, 6) is -1.49. The lowest BCUT2D eigenvalue weighted by Crippen LogP contribution is -2.37. The van der Waals surface area contributed by atoms with Gasteiger partial charge in [0.15, 0.2) is 5.78 Å². The lowest BCUT2D eigenvalue weighted by Gasteiger charge is -2.21. The maximum absolute atomic E-state index is 13.5. The van der Waals surface area contributed by atoms with Crippen molar-refractivity contribution in [2.24, 2.45) is 0 Å². The Morgan fingerprint density at radius 3 is 2.18 bits per heavy atom. The van der Waals surface area contributed by atoms with E-state index in [0.29, 0.717) is 0 Å². The first-order valence-electron chi connectivity index (χ1n) is 6.52. The molecule has 0 spiro atoms. The van der Waals surface area contributed by atoms with E-state index in [1.807, 2.05) is 0 Å². The van der Waals surface area contributed by atoms with Crippen LogP contribution in [-0.4, -0.2) is 18.5 Å². The minimum atomic E-state index is -4.56. The monoisotopic (exact) mass is 311 g/mol. The fourth-order valence-electron chi connectivity index (χ4n) is 2.05. The Hall–Kier alpha value is -2.21. The third kappa shape index (κ3) is 3.92. The Kier molecular flexibility index (Phi) is 4.92. The summed E-state index contributed by atoms with van der Waals surface area (Å²) >= 11 is 0. The van der Waals surface area contributed by atoms with Crippen molar-refractivity contribution in [1.82, 2.24) is 5.32 Å². The highest BCUT2D eigenvalue weighted by molar-refractivity contribution is 5.97. The third-order valence-corrected chi connectivity index (χ3v) is 3.10. The first kappa shape index (κ1) is 16.2. The molecule has 0 aliphatic heterocycles. The van der Waals surface area contributed by atoms with Gasteiger partial charge in [0.25, 0.3) is 0 Å². The van der Waals surface area contributed by atoms with Gasteiger partial charge in [0, 0.05) is 0 Å². The molecule has 0 aliphatic rings. The van der Waals surface area contributed by atoms with Gasteiger partial charge in [0.05, 0.1) is 12.1 Å². The molecule has 1 N–H and O–H groups in total. The summed E-state index contributed by atoms with van der Waals surface area (Å²) in [6, 6.07) is 10.4. The fraction of sp³-hybridized carbons (Fsp3) is 0.188. The molecule has 0 aromatic heterocycles. The van der Waals surface area contributed by atoms with Crippen molar-refractivity contribution in [3.63, 3.8) is 0 Å². The minimum Gasteiger partial charge on any atom is -0.295 e. The molecule has 22 heavy (non-hydrogen) atoms. The van der Waals surface area contributed by atoms with E-state index in [1.54, 1.807) is 6.07 Å². The smallest absolute Gasteiger partial charge is 0.295 e. The highest BCUT2D eigenvalue weighted by Crippen LogP contribution is 2.32. The van der Waals surface area contributed by atoms with Gasteiger partial charge in [-0.25, -0.2) is 4.39 Å². The van der Waals surface area contributed by atoms with Gasteiger partial charge in [-0.3, -0.25) is 10.1 Å². The van der Waals surface area contributed by atoms with E-state index < -0.39 is 30.4 Å². The van der Waals surface area contributed by atoms with E-state index in [1.165, 1.54) is 42.5 Å². The predicted octanol–water partition coefficient (Wildman–Crippen LogP) is 3.90. The first-order chi connectivity index (χ1) is 10.4. The van der Waals surface area contributed by atoms with Crippen LogP contribution in [0.25, 0.3) is 0 Å². The average Bonchev–Trinajstić information content (AvgIpc) is 2.47. The summed E-state index contributed by atoms with van der Waals surface area (Å²) in [7, 11) is 0. The van der Waals surface area contributed by atoms with Crippen molar-refractivity contribution in [3.05, 3.63) is 71.5 Å². The number of hydrogen-bond acceptors (Lipinski definition) is 2. The zero-order valence-electron chi connectivity index (χ0n) is 11.4. The number of rotatable bonds is 5. The van der Waals surface area contributed by atoms with Crippen LogP contribution in [0.1, 0.15) is 22.0 Å². The molecule has 6 heteroatoms. The molecular formula is C16H13F4NO. The summed E-state index contributed by atoms with van der Waals surface area (Å²) < 4.78 is 52.7. The molecule has 0 bridgehead atoms. The highest BCUT2D eigenvalue weighted by Gasteiger charge is 2.40. The number of Topliss-reactive ketones (excluding diaryl/α,β-unsaturated/α-hetero) is 1. The van der Waals surface area contributed by atoms with Gasteiger partial charge in [-0.15, -0.1) is 0 Å². The lowest BCUT2D eigenvalue weighted by atomic mass is 10.1. The summed E-state index contributed by atoms with van der Waals surface area (Å²) in [5, 5.41) is 2.16. The van der Waals surface area contributed by atoms with Gasteiger partial charge >= 0.3 is 6.18 Å². The maximum atomic E-state index is 13.5. The van der Waals surface area contributed by atoms with Crippen molar-refractivity contribution < 1.29 is 22.4 Å². The van der Waals surface area contributed by atoms with Gasteiger partial charge in [-0.1, -0.05) is 42.5 Å².